The second-order valence-electron chi connectivity index (χ2n) is 5.91. The van der Waals surface area contributed by atoms with Gasteiger partial charge >= 0.3 is 0 Å². The molecule has 0 bridgehead atoms. The highest BCUT2D eigenvalue weighted by Crippen LogP contribution is 2.18. The van der Waals surface area contributed by atoms with Gasteiger partial charge in [0.25, 0.3) is 6.43 Å². The molecule has 0 spiro atoms. The predicted octanol–water partition coefficient (Wildman–Crippen LogP) is 2.74. The Labute approximate surface area is 135 Å². The summed E-state index contributed by atoms with van der Waals surface area (Å²) in [6, 6.07) is 6.06. The van der Waals surface area contributed by atoms with Gasteiger partial charge in [-0.3, -0.25) is 4.79 Å². The monoisotopic (exact) mass is 336 g/mol. The van der Waals surface area contributed by atoms with Gasteiger partial charge in [-0.25, -0.2) is 8.78 Å². The van der Waals surface area contributed by atoms with Crippen molar-refractivity contribution in [3.63, 3.8) is 0 Å². The molecule has 1 aromatic carbocycles. The highest BCUT2D eigenvalue weighted by atomic mass is 35.5. The summed E-state index contributed by atoms with van der Waals surface area (Å²) < 4.78 is 29.1. The first-order valence-corrected chi connectivity index (χ1v) is 6.73. The van der Waals surface area contributed by atoms with Gasteiger partial charge in [0.2, 0.25) is 5.91 Å². The zero-order valence-electron chi connectivity index (χ0n) is 12.9. The topological polar surface area (TPSA) is 64.4 Å². The lowest BCUT2D eigenvalue weighted by molar-refractivity contribution is -0.124. The highest BCUT2D eigenvalue weighted by Gasteiger charge is 2.27. The number of hydrogen-bond acceptors (Lipinski definition) is 3. The number of alkyl halides is 2. The van der Waals surface area contributed by atoms with E-state index in [-0.39, 0.29) is 30.3 Å². The van der Waals surface area contributed by atoms with Gasteiger partial charge in [0.1, 0.15) is 12.4 Å². The number of carbonyl (C=O) groups excluding carboxylic acids is 1. The highest BCUT2D eigenvalue weighted by molar-refractivity contribution is 5.85. The third-order valence-corrected chi connectivity index (χ3v) is 2.96. The van der Waals surface area contributed by atoms with Crippen LogP contribution in [0.2, 0.25) is 0 Å². The van der Waals surface area contributed by atoms with Gasteiger partial charge in [-0.15, -0.1) is 12.4 Å². The van der Waals surface area contributed by atoms with Gasteiger partial charge in [-0.2, -0.15) is 0 Å². The molecule has 0 unspecified atom stereocenters. The van der Waals surface area contributed by atoms with Crippen LogP contribution in [0.3, 0.4) is 0 Å². The fourth-order valence-electron chi connectivity index (χ4n) is 1.60. The Morgan fingerprint density at radius 1 is 1.36 bits per heavy atom. The van der Waals surface area contributed by atoms with E-state index in [4.69, 9.17) is 10.5 Å². The predicted molar refractivity (Wildman–Crippen MR) is 84.5 cm³/mol. The number of benzene rings is 1. The third-order valence-electron chi connectivity index (χ3n) is 2.96. The van der Waals surface area contributed by atoms with Gasteiger partial charge in [-0.05, 0) is 23.1 Å². The van der Waals surface area contributed by atoms with Crippen LogP contribution in [0, 0.1) is 5.41 Å². The average molecular weight is 337 g/mol. The fraction of sp³-hybridized carbons (Fsp3) is 0.533. The lowest BCUT2D eigenvalue weighted by Crippen LogP contribution is -2.48. The molecule has 0 fully saturated rings. The van der Waals surface area contributed by atoms with Crippen LogP contribution in [-0.4, -0.2) is 25.0 Å². The Kier molecular flexibility index (Phi) is 8.34. The molecule has 0 aliphatic rings. The number of hydrogen-bond donors (Lipinski definition) is 2. The molecule has 0 aromatic heterocycles. The van der Waals surface area contributed by atoms with Crippen LogP contribution in [-0.2, 0) is 11.3 Å². The standard InChI is InChI=1S/C15H22F2N2O2.ClH/c1-15(2,3)13(18)14(20)19-8-10-5-4-6-11(7-10)21-9-12(16)17;/h4-7,12-13H,8-9,18H2,1-3H3,(H,19,20);1H/t13-;/m1./s1. The second-order valence-corrected chi connectivity index (χ2v) is 5.91. The molecule has 1 aromatic rings. The number of rotatable bonds is 6. The van der Waals surface area contributed by atoms with Gasteiger partial charge in [0, 0.05) is 6.54 Å². The quantitative estimate of drug-likeness (QED) is 0.839. The van der Waals surface area contributed by atoms with Crippen molar-refractivity contribution in [3.8, 4) is 5.75 Å². The minimum absolute atomic E-state index is 0. The van der Waals surface area contributed by atoms with E-state index >= 15 is 0 Å². The van der Waals surface area contributed by atoms with E-state index in [1.165, 1.54) is 0 Å². The van der Waals surface area contributed by atoms with Crippen LogP contribution in [0.15, 0.2) is 24.3 Å². The molecular weight excluding hydrogens is 314 g/mol. The molecular formula is C15H23ClF2N2O2. The van der Waals surface area contributed by atoms with Crippen molar-refractivity contribution in [1.82, 2.24) is 5.32 Å². The van der Waals surface area contributed by atoms with Crippen LogP contribution in [0.4, 0.5) is 8.78 Å². The summed E-state index contributed by atoms with van der Waals surface area (Å²) in [6.45, 7) is 5.28. The molecule has 0 aliphatic carbocycles. The first kappa shape index (κ1) is 20.6. The van der Waals surface area contributed by atoms with Crippen molar-refractivity contribution in [3.05, 3.63) is 29.8 Å². The molecule has 0 saturated heterocycles. The largest absolute Gasteiger partial charge is 0.488 e. The summed E-state index contributed by atoms with van der Waals surface area (Å²) in [7, 11) is 0. The first-order chi connectivity index (χ1) is 9.70. The SMILES string of the molecule is CC(C)(C)[C@H](N)C(=O)NCc1cccc(OCC(F)F)c1.Cl. The smallest absolute Gasteiger partial charge is 0.272 e. The van der Waals surface area contributed by atoms with E-state index in [1.54, 1.807) is 24.3 Å². The molecule has 0 aliphatic heterocycles. The number of halogens is 3. The van der Waals surface area contributed by atoms with E-state index in [0.29, 0.717) is 5.75 Å². The normalized spacial score (nSPS) is 12.5. The van der Waals surface area contributed by atoms with Crippen LogP contribution in [0.5, 0.6) is 5.75 Å². The third kappa shape index (κ3) is 7.04. The number of nitrogens with two attached hydrogens (primary N) is 1. The van der Waals surface area contributed by atoms with E-state index in [2.05, 4.69) is 5.32 Å². The van der Waals surface area contributed by atoms with Crippen molar-refractivity contribution < 1.29 is 18.3 Å². The first-order valence-electron chi connectivity index (χ1n) is 6.73. The van der Waals surface area contributed by atoms with Gasteiger partial charge in [0.05, 0.1) is 6.04 Å². The average Bonchev–Trinajstić information content (AvgIpc) is 2.41. The Bertz CT molecular complexity index is 479. The summed E-state index contributed by atoms with van der Waals surface area (Å²) in [6.07, 6.45) is -2.52. The molecule has 1 atom stereocenters. The maximum atomic E-state index is 12.1. The maximum Gasteiger partial charge on any atom is 0.272 e. The van der Waals surface area contributed by atoms with Crippen molar-refractivity contribution >= 4 is 18.3 Å². The van der Waals surface area contributed by atoms with E-state index in [9.17, 15) is 13.6 Å². The van der Waals surface area contributed by atoms with Crippen molar-refractivity contribution in [2.24, 2.45) is 11.1 Å². The van der Waals surface area contributed by atoms with Crippen LogP contribution in [0.1, 0.15) is 26.3 Å². The minimum Gasteiger partial charge on any atom is -0.488 e. The lowest BCUT2D eigenvalue weighted by atomic mass is 9.87. The molecule has 22 heavy (non-hydrogen) atoms. The van der Waals surface area contributed by atoms with Gasteiger partial charge in [-0.1, -0.05) is 32.9 Å². The Balaban J connectivity index is 0.00000441. The molecule has 1 rings (SSSR count). The zero-order valence-corrected chi connectivity index (χ0v) is 13.8. The molecule has 1 amide bonds. The summed E-state index contributed by atoms with van der Waals surface area (Å²) in [5, 5.41) is 2.73. The fourth-order valence-corrected chi connectivity index (χ4v) is 1.60. The summed E-state index contributed by atoms with van der Waals surface area (Å²) in [5.41, 5.74) is 6.28. The van der Waals surface area contributed by atoms with Crippen LogP contribution >= 0.6 is 12.4 Å². The number of amides is 1. The van der Waals surface area contributed by atoms with Crippen LogP contribution in [0.25, 0.3) is 0 Å². The molecule has 7 heteroatoms. The minimum atomic E-state index is -2.52. The molecule has 0 radical (unpaired) electrons. The number of ether oxygens (including phenoxy) is 1. The zero-order chi connectivity index (χ0) is 16.0. The Hall–Kier alpha value is -1.40. The molecule has 0 heterocycles. The molecule has 4 nitrogen and oxygen atoms in total. The van der Waals surface area contributed by atoms with E-state index in [0.717, 1.165) is 5.56 Å². The van der Waals surface area contributed by atoms with E-state index in [1.807, 2.05) is 20.8 Å². The van der Waals surface area contributed by atoms with Crippen molar-refractivity contribution in [1.29, 1.82) is 0 Å². The molecule has 0 saturated carbocycles. The van der Waals surface area contributed by atoms with Crippen molar-refractivity contribution in [2.75, 3.05) is 6.61 Å². The molecule has 3 N–H and O–H groups in total. The lowest BCUT2D eigenvalue weighted by Gasteiger charge is -2.25. The molecule has 126 valence electrons. The Morgan fingerprint density at radius 3 is 2.55 bits per heavy atom. The second kappa shape index (κ2) is 8.90. The van der Waals surface area contributed by atoms with Crippen LogP contribution < -0.4 is 15.8 Å². The van der Waals surface area contributed by atoms with Gasteiger partial charge in [0.15, 0.2) is 0 Å². The number of nitrogens with one attached hydrogen (secondary N) is 1. The summed E-state index contributed by atoms with van der Waals surface area (Å²) >= 11 is 0. The van der Waals surface area contributed by atoms with Gasteiger partial charge < -0.3 is 15.8 Å². The maximum absolute atomic E-state index is 12.1. The van der Waals surface area contributed by atoms with E-state index < -0.39 is 19.1 Å². The Morgan fingerprint density at radius 2 is 2.00 bits per heavy atom. The summed E-state index contributed by atoms with van der Waals surface area (Å²) in [5.74, 6) is 0.101. The number of carbonyl (C=O) groups is 1. The van der Waals surface area contributed by atoms with Crippen molar-refractivity contribution in [2.45, 2.75) is 39.8 Å². The summed E-state index contributed by atoms with van der Waals surface area (Å²) in [4.78, 5) is 11.9.